The third-order valence-corrected chi connectivity index (χ3v) is 5.74. The molecule has 0 radical (unpaired) electrons. The van der Waals surface area contributed by atoms with E-state index in [1.807, 2.05) is 18.0 Å². The van der Waals surface area contributed by atoms with Gasteiger partial charge in [0.1, 0.15) is 12.4 Å². The summed E-state index contributed by atoms with van der Waals surface area (Å²) in [5.41, 5.74) is 3.80. The van der Waals surface area contributed by atoms with Crippen molar-refractivity contribution in [1.82, 2.24) is 4.31 Å². The molecular formula is C24H25NOS. The first-order valence-corrected chi connectivity index (χ1v) is 10.3. The molecule has 0 aliphatic carbocycles. The Morgan fingerprint density at radius 2 is 1.59 bits per heavy atom. The standard InChI is InChI=1S/C24H25NOS/c1-19-16-25(17-19)27-24-12-6-10-22(15-24)18-26-23-11-5-9-21(14-23)13-20-7-3-2-4-8-20/h2-12,14-15,19H,13,16-18H2,1H3. The van der Waals surface area contributed by atoms with Gasteiger partial charge in [-0.3, -0.25) is 0 Å². The minimum absolute atomic E-state index is 0.597. The van der Waals surface area contributed by atoms with Gasteiger partial charge < -0.3 is 4.74 Å². The van der Waals surface area contributed by atoms with Gasteiger partial charge in [0.15, 0.2) is 0 Å². The first-order valence-electron chi connectivity index (χ1n) is 9.52. The molecule has 1 saturated heterocycles. The van der Waals surface area contributed by atoms with Crippen LogP contribution >= 0.6 is 11.9 Å². The highest BCUT2D eigenvalue weighted by atomic mass is 32.2. The molecule has 0 aromatic heterocycles. The molecule has 3 heteroatoms. The van der Waals surface area contributed by atoms with Crippen LogP contribution in [0.3, 0.4) is 0 Å². The second-order valence-electron chi connectivity index (χ2n) is 7.29. The zero-order valence-corrected chi connectivity index (χ0v) is 16.5. The van der Waals surface area contributed by atoms with Gasteiger partial charge in [0.25, 0.3) is 0 Å². The fourth-order valence-electron chi connectivity index (χ4n) is 3.30. The van der Waals surface area contributed by atoms with Crippen molar-refractivity contribution in [1.29, 1.82) is 0 Å². The van der Waals surface area contributed by atoms with Crippen LogP contribution in [-0.2, 0) is 13.0 Å². The molecule has 138 valence electrons. The number of ether oxygens (including phenoxy) is 1. The van der Waals surface area contributed by atoms with E-state index in [-0.39, 0.29) is 0 Å². The first-order chi connectivity index (χ1) is 13.2. The van der Waals surface area contributed by atoms with Gasteiger partial charge in [-0.2, -0.15) is 0 Å². The molecule has 0 saturated carbocycles. The lowest BCUT2D eigenvalue weighted by Crippen LogP contribution is -2.39. The molecule has 0 unspecified atom stereocenters. The molecule has 1 aliphatic heterocycles. The van der Waals surface area contributed by atoms with Gasteiger partial charge >= 0.3 is 0 Å². The Labute approximate surface area is 166 Å². The van der Waals surface area contributed by atoms with Crippen LogP contribution in [0.15, 0.2) is 83.8 Å². The molecule has 1 fully saturated rings. The van der Waals surface area contributed by atoms with E-state index in [0.717, 1.165) is 18.1 Å². The second-order valence-corrected chi connectivity index (χ2v) is 8.46. The smallest absolute Gasteiger partial charge is 0.120 e. The van der Waals surface area contributed by atoms with Crippen molar-refractivity contribution >= 4 is 11.9 Å². The fourth-order valence-corrected chi connectivity index (χ4v) is 4.60. The van der Waals surface area contributed by atoms with Gasteiger partial charge in [0.2, 0.25) is 0 Å². The lowest BCUT2D eigenvalue weighted by atomic mass is 10.1. The van der Waals surface area contributed by atoms with Crippen LogP contribution in [0.25, 0.3) is 0 Å². The van der Waals surface area contributed by atoms with E-state index in [2.05, 4.69) is 84.0 Å². The summed E-state index contributed by atoms with van der Waals surface area (Å²) < 4.78 is 8.48. The van der Waals surface area contributed by atoms with Crippen molar-refractivity contribution in [3.05, 3.63) is 95.6 Å². The summed E-state index contributed by atoms with van der Waals surface area (Å²) in [4.78, 5) is 1.29. The third-order valence-electron chi connectivity index (χ3n) is 4.72. The van der Waals surface area contributed by atoms with E-state index < -0.39 is 0 Å². The van der Waals surface area contributed by atoms with Crippen LogP contribution in [0.2, 0.25) is 0 Å². The molecule has 0 amide bonds. The summed E-state index contributed by atoms with van der Waals surface area (Å²) >= 11 is 1.85. The minimum atomic E-state index is 0.597. The predicted octanol–water partition coefficient (Wildman–Crippen LogP) is 5.82. The Hall–Kier alpha value is -2.23. The van der Waals surface area contributed by atoms with E-state index >= 15 is 0 Å². The summed E-state index contributed by atoms with van der Waals surface area (Å²) in [6.45, 7) is 5.26. The van der Waals surface area contributed by atoms with Crippen molar-refractivity contribution in [2.75, 3.05) is 13.1 Å². The van der Waals surface area contributed by atoms with Crippen LogP contribution in [0.5, 0.6) is 5.75 Å². The molecular weight excluding hydrogens is 350 g/mol. The molecule has 0 spiro atoms. The SMILES string of the molecule is CC1CN(Sc2cccc(COc3cccc(Cc4ccccc4)c3)c2)C1. The summed E-state index contributed by atoms with van der Waals surface area (Å²) in [6.07, 6.45) is 0.929. The highest BCUT2D eigenvalue weighted by Gasteiger charge is 2.23. The summed E-state index contributed by atoms with van der Waals surface area (Å²) in [7, 11) is 0. The number of hydrogen-bond donors (Lipinski definition) is 0. The normalized spacial score (nSPS) is 14.7. The predicted molar refractivity (Wildman–Crippen MR) is 113 cm³/mol. The van der Waals surface area contributed by atoms with Crippen molar-refractivity contribution in [2.24, 2.45) is 5.92 Å². The second kappa shape index (κ2) is 8.64. The van der Waals surface area contributed by atoms with Gasteiger partial charge in [-0.1, -0.05) is 61.5 Å². The van der Waals surface area contributed by atoms with Crippen LogP contribution < -0.4 is 4.74 Å². The van der Waals surface area contributed by atoms with Crippen molar-refractivity contribution < 1.29 is 4.74 Å². The molecule has 1 aliphatic rings. The fraction of sp³-hybridized carbons (Fsp3) is 0.250. The van der Waals surface area contributed by atoms with Gasteiger partial charge in [0.05, 0.1) is 0 Å². The maximum Gasteiger partial charge on any atom is 0.120 e. The average Bonchev–Trinajstić information content (AvgIpc) is 2.67. The van der Waals surface area contributed by atoms with E-state index in [1.165, 1.54) is 34.7 Å². The quantitative estimate of drug-likeness (QED) is 0.483. The van der Waals surface area contributed by atoms with E-state index in [1.54, 1.807) is 0 Å². The molecule has 2 nitrogen and oxygen atoms in total. The number of nitrogens with zero attached hydrogens (tertiary/aromatic N) is 1. The largest absolute Gasteiger partial charge is 0.489 e. The summed E-state index contributed by atoms with van der Waals surface area (Å²) in [6, 6.07) is 27.6. The summed E-state index contributed by atoms with van der Waals surface area (Å²) in [5.74, 6) is 1.75. The molecule has 0 N–H and O–H groups in total. The lowest BCUT2D eigenvalue weighted by Gasteiger charge is -2.35. The molecule has 3 aromatic carbocycles. The summed E-state index contributed by atoms with van der Waals surface area (Å²) in [5, 5.41) is 0. The zero-order chi connectivity index (χ0) is 18.5. The van der Waals surface area contributed by atoms with E-state index in [4.69, 9.17) is 4.74 Å². The maximum absolute atomic E-state index is 6.06. The third kappa shape index (κ3) is 5.15. The number of benzene rings is 3. The molecule has 27 heavy (non-hydrogen) atoms. The lowest BCUT2D eigenvalue weighted by molar-refractivity contribution is 0.239. The van der Waals surface area contributed by atoms with Crippen LogP contribution in [0, 0.1) is 5.92 Å². The van der Waals surface area contributed by atoms with Gasteiger partial charge in [-0.15, -0.1) is 0 Å². The Balaban J connectivity index is 1.35. The van der Waals surface area contributed by atoms with Gasteiger partial charge in [-0.05, 0) is 65.2 Å². The highest BCUT2D eigenvalue weighted by molar-refractivity contribution is 7.97. The number of hydrogen-bond acceptors (Lipinski definition) is 3. The van der Waals surface area contributed by atoms with Crippen LogP contribution in [-0.4, -0.2) is 17.4 Å². The van der Waals surface area contributed by atoms with Gasteiger partial charge in [-0.25, -0.2) is 4.31 Å². The van der Waals surface area contributed by atoms with Gasteiger partial charge in [0, 0.05) is 18.0 Å². The van der Waals surface area contributed by atoms with Crippen molar-refractivity contribution in [3.8, 4) is 5.75 Å². The topological polar surface area (TPSA) is 12.5 Å². The Bertz CT molecular complexity index is 874. The van der Waals surface area contributed by atoms with Crippen LogP contribution in [0.4, 0.5) is 0 Å². The van der Waals surface area contributed by atoms with Crippen molar-refractivity contribution in [3.63, 3.8) is 0 Å². The minimum Gasteiger partial charge on any atom is -0.489 e. The zero-order valence-electron chi connectivity index (χ0n) is 15.7. The molecule has 3 aromatic rings. The Kier molecular flexibility index (Phi) is 5.81. The van der Waals surface area contributed by atoms with Crippen molar-refractivity contribution in [2.45, 2.75) is 24.8 Å². The monoisotopic (exact) mass is 375 g/mol. The maximum atomic E-state index is 6.06. The molecule has 4 rings (SSSR count). The Morgan fingerprint density at radius 1 is 0.852 bits per heavy atom. The highest BCUT2D eigenvalue weighted by Crippen LogP contribution is 2.30. The number of rotatable bonds is 7. The average molecular weight is 376 g/mol. The first kappa shape index (κ1) is 18.1. The van der Waals surface area contributed by atoms with E-state index in [0.29, 0.717) is 6.61 Å². The van der Waals surface area contributed by atoms with Crippen LogP contribution in [0.1, 0.15) is 23.6 Å². The Morgan fingerprint density at radius 3 is 2.41 bits per heavy atom. The van der Waals surface area contributed by atoms with E-state index in [9.17, 15) is 0 Å². The molecule has 1 heterocycles. The molecule has 0 bridgehead atoms. The molecule has 0 atom stereocenters.